The third-order valence-corrected chi connectivity index (χ3v) is 8.03. The van der Waals surface area contributed by atoms with Gasteiger partial charge in [-0.25, -0.2) is 0 Å². The maximum Gasteiger partial charge on any atom is 0.173 e. The number of allylic oxidation sites excluding steroid dienone is 5. The maximum atomic E-state index is 14.6. The standard InChI is InChI=1S/C29H38O4/c1-19(2)13-14-22-18-28(25(31)21-11-9-8-10-12-21)24(33-7)17-23(30)29(26(28)32,27(22,5)6)16-15-20(3)4/h8-13,15,17,22,25,31H,14,16,18H2,1-7H3/t22-,25?,28+,29-/m0/s1. The highest BCUT2D eigenvalue weighted by atomic mass is 16.5. The quantitative estimate of drug-likeness (QED) is 0.401. The van der Waals surface area contributed by atoms with Gasteiger partial charge in [-0.15, -0.1) is 0 Å². The highest BCUT2D eigenvalue weighted by Crippen LogP contribution is 2.67. The van der Waals surface area contributed by atoms with E-state index in [1.165, 1.54) is 18.8 Å². The van der Waals surface area contributed by atoms with Crippen LogP contribution in [0, 0.1) is 22.2 Å². The average Bonchev–Trinajstić information content (AvgIpc) is 2.76. The zero-order chi connectivity index (χ0) is 24.6. The number of hydrogen-bond acceptors (Lipinski definition) is 4. The van der Waals surface area contributed by atoms with Gasteiger partial charge in [-0.2, -0.15) is 0 Å². The van der Waals surface area contributed by atoms with Crippen molar-refractivity contribution >= 4 is 11.6 Å². The molecule has 0 aliphatic heterocycles. The van der Waals surface area contributed by atoms with Gasteiger partial charge in [-0.3, -0.25) is 9.59 Å². The van der Waals surface area contributed by atoms with E-state index in [1.807, 2.05) is 50.3 Å². The molecular formula is C29H38O4. The molecule has 4 heteroatoms. The molecule has 2 aliphatic rings. The van der Waals surface area contributed by atoms with Crippen LogP contribution in [0.15, 0.2) is 65.5 Å². The number of methoxy groups -OCH3 is 1. The van der Waals surface area contributed by atoms with Gasteiger partial charge in [0, 0.05) is 6.08 Å². The fourth-order valence-electron chi connectivity index (χ4n) is 5.87. The van der Waals surface area contributed by atoms with Crippen LogP contribution >= 0.6 is 0 Å². The van der Waals surface area contributed by atoms with E-state index in [1.54, 1.807) is 0 Å². The first-order valence-electron chi connectivity index (χ1n) is 11.8. The van der Waals surface area contributed by atoms with Crippen LogP contribution in [0.1, 0.15) is 72.5 Å². The van der Waals surface area contributed by atoms with E-state index in [9.17, 15) is 14.7 Å². The summed E-state index contributed by atoms with van der Waals surface area (Å²) < 4.78 is 5.71. The number of Topliss-reactive ketones (excluding diaryl/α,β-unsaturated/α-hetero) is 1. The number of rotatable bonds is 7. The van der Waals surface area contributed by atoms with Crippen LogP contribution in [0.4, 0.5) is 0 Å². The molecule has 1 fully saturated rings. The molecule has 1 unspecified atom stereocenters. The molecule has 1 aromatic rings. The fourth-order valence-corrected chi connectivity index (χ4v) is 5.87. The number of carbonyl (C=O) groups is 2. The third-order valence-electron chi connectivity index (χ3n) is 8.03. The molecule has 4 nitrogen and oxygen atoms in total. The average molecular weight is 451 g/mol. The number of fused-ring (bicyclic) bond motifs is 2. The van der Waals surface area contributed by atoms with Crippen molar-refractivity contribution in [2.75, 3.05) is 7.11 Å². The van der Waals surface area contributed by atoms with E-state index in [2.05, 4.69) is 33.8 Å². The van der Waals surface area contributed by atoms with Gasteiger partial charge in [0.2, 0.25) is 0 Å². The SMILES string of the molecule is COC1=CC(=O)[C@@]2(CC=C(C)C)C(=O)[C@]1(C(O)c1ccccc1)C[C@H](CC=C(C)C)C2(C)C. The molecule has 33 heavy (non-hydrogen) atoms. The fraction of sp³-hybridized carbons (Fsp3) is 0.517. The Hall–Kier alpha value is -2.46. The Labute approximate surface area is 198 Å². The molecule has 0 radical (unpaired) electrons. The molecule has 1 saturated carbocycles. The van der Waals surface area contributed by atoms with Crippen molar-refractivity contribution in [1.29, 1.82) is 0 Å². The van der Waals surface area contributed by atoms with Crippen LogP contribution in [0.25, 0.3) is 0 Å². The topological polar surface area (TPSA) is 63.6 Å². The van der Waals surface area contributed by atoms with Crippen LogP contribution in [-0.2, 0) is 14.3 Å². The molecule has 0 saturated heterocycles. The van der Waals surface area contributed by atoms with Gasteiger partial charge >= 0.3 is 0 Å². The summed E-state index contributed by atoms with van der Waals surface area (Å²) in [6.07, 6.45) is 6.02. The molecule has 0 heterocycles. The molecule has 2 bridgehead atoms. The smallest absolute Gasteiger partial charge is 0.173 e. The van der Waals surface area contributed by atoms with Gasteiger partial charge in [0.25, 0.3) is 0 Å². The Bertz CT molecular complexity index is 1010. The summed E-state index contributed by atoms with van der Waals surface area (Å²) in [7, 11) is 1.49. The number of aliphatic hydroxyl groups is 1. The molecular weight excluding hydrogens is 412 g/mol. The maximum absolute atomic E-state index is 14.6. The Morgan fingerprint density at radius 2 is 1.70 bits per heavy atom. The van der Waals surface area contributed by atoms with Gasteiger partial charge in [-0.1, -0.05) is 67.5 Å². The van der Waals surface area contributed by atoms with Crippen LogP contribution < -0.4 is 0 Å². The summed E-state index contributed by atoms with van der Waals surface area (Å²) >= 11 is 0. The summed E-state index contributed by atoms with van der Waals surface area (Å²) in [6, 6.07) is 9.26. The molecule has 4 atom stereocenters. The van der Waals surface area contributed by atoms with E-state index >= 15 is 0 Å². The van der Waals surface area contributed by atoms with Crippen molar-refractivity contribution in [1.82, 2.24) is 0 Å². The van der Waals surface area contributed by atoms with Crippen molar-refractivity contribution in [3.05, 3.63) is 71.0 Å². The zero-order valence-corrected chi connectivity index (χ0v) is 21.1. The minimum Gasteiger partial charge on any atom is -0.500 e. The van der Waals surface area contributed by atoms with Gasteiger partial charge in [0.15, 0.2) is 11.6 Å². The number of ketones is 2. The molecule has 0 amide bonds. The molecule has 1 N–H and O–H groups in total. The lowest BCUT2D eigenvalue weighted by Gasteiger charge is -2.60. The lowest BCUT2D eigenvalue weighted by Crippen LogP contribution is -2.67. The molecule has 1 aromatic carbocycles. The highest BCUT2D eigenvalue weighted by molar-refractivity contribution is 6.19. The monoisotopic (exact) mass is 450 g/mol. The lowest BCUT2D eigenvalue weighted by atomic mass is 9.40. The summed E-state index contributed by atoms with van der Waals surface area (Å²) in [6.45, 7) is 12.2. The van der Waals surface area contributed by atoms with Gasteiger partial charge < -0.3 is 9.84 Å². The Morgan fingerprint density at radius 1 is 1.09 bits per heavy atom. The summed E-state index contributed by atoms with van der Waals surface area (Å²) in [5, 5.41) is 11.8. The van der Waals surface area contributed by atoms with Crippen molar-refractivity contribution < 1.29 is 19.4 Å². The van der Waals surface area contributed by atoms with Gasteiger partial charge in [0.1, 0.15) is 16.6 Å². The minimum atomic E-state index is -1.31. The highest BCUT2D eigenvalue weighted by Gasteiger charge is 2.72. The Morgan fingerprint density at radius 3 is 2.24 bits per heavy atom. The Kier molecular flexibility index (Phi) is 6.91. The first kappa shape index (κ1) is 25.2. The predicted octanol–water partition coefficient (Wildman–Crippen LogP) is 6.13. The first-order valence-corrected chi connectivity index (χ1v) is 11.8. The molecule has 2 aliphatic carbocycles. The summed E-state index contributed by atoms with van der Waals surface area (Å²) in [4.78, 5) is 28.4. The second-order valence-corrected chi connectivity index (χ2v) is 10.7. The number of hydrogen-bond donors (Lipinski definition) is 1. The lowest BCUT2D eigenvalue weighted by molar-refractivity contribution is -0.180. The van der Waals surface area contributed by atoms with E-state index in [-0.39, 0.29) is 23.2 Å². The van der Waals surface area contributed by atoms with Crippen molar-refractivity contribution in [2.45, 2.75) is 66.9 Å². The Balaban J connectivity index is 2.34. The number of carbonyl (C=O) groups excluding carboxylic acids is 2. The van der Waals surface area contributed by atoms with E-state index in [0.717, 1.165) is 12.0 Å². The largest absolute Gasteiger partial charge is 0.500 e. The molecule has 0 spiro atoms. The first-order chi connectivity index (χ1) is 15.4. The van der Waals surface area contributed by atoms with E-state index in [0.29, 0.717) is 18.4 Å². The minimum absolute atomic E-state index is 0.00294. The predicted molar refractivity (Wildman–Crippen MR) is 131 cm³/mol. The van der Waals surface area contributed by atoms with Crippen molar-refractivity contribution in [3.63, 3.8) is 0 Å². The van der Waals surface area contributed by atoms with E-state index in [4.69, 9.17) is 4.74 Å². The molecule has 0 aromatic heterocycles. The van der Waals surface area contributed by atoms with Crippen LogP contribution in [0.2, 0.25) is 0 Å². The number of benzene rings is 1. The van der Waals surface area contributed by atoms with Crippen LogP contribution in [0.3, 0.4) is 0 Å². The second-order valence-electron chi connectivity index (χ2n) is 10.7. The normalized spacial score (nSPS) is 29.1. The summed E-state index contributed by atoms with van der Waals surface area (Å²) in [5.74, 6) is -0.160. The van der Waals surface area contributed by atoms with E-state index < -0.39 is 22.3 Å². The third kappa shape index (κ3) is 3.82. The van der Waals surface area contributed by atoms with Gasteiger partial charge in [-0.05, 0) is 63.9 Å². The molecule has 3 rings (SSSR count). The van der Waals surface area contributed by atoms with Gasteiger partial charge in [0.05, 0.1) is 13.2 Å². The van der Waals surface area contributed by atoms with Crippen LogP contribution in [-0.4, -0.2) is 23.8 Å². The van der Waals surface area contributed by atoms with Crippen LogP contribution in [0.5, 0.6) is 0 Å². The zero-order valence-electron chi connectivity index (χ0n) is 21.1. The number of aliphatic hydroxyl groups excluding tert-OH is 1. The number of ether oxygens (including phenoxy) is 1. The van der Waals surface area contributed by atoms with Crippen molar-refractivity contribution in [3.8, 4) is 0 Å². The molecule has 178 valence electrons. The van der Waals surface area contributed by atoms with Crippen molar-refractivity contribution in [2.24, 2.45) is 22.2 Å². The second kappa shape index (κ2) is 9.06. The summed E-state index contributed by atoms with van der Waals surface area (Å²) in [5.41, 5.74) is -0.273.